The summed E-state index contributed by atoms with van der Waals surface area (Å²) in [6.45, 7) is 2.10. The molecule has 0 fully saturated rings. The summed E-state index contributed by atoms with van der Waals surface area (Å²) in [4.78, 5) is 2.24. The number of aryl methyl sites for hydroxylation is 1. The summed E-state index contributed by atoms with van der Waals surface area (Å²) in [6.07, 6.45) is 2.13. The molecule has 4 heteroatoms. The third kappa shape index (κ3) is 2.59. The van der Waals surface area contributed by atoms with Gasteiger partial charge >= 0.3 is 0 Å². The molecule has 2 nitrogen and oxygen atoms in total. The third-order valence-corrected chi connectivity index (χ3v) is 9.18. The molecule has 2 heterocycles. The van der Waals surface area contributed by atoms with E-state index in [0.29, 0.717) is 0 Å². The summed E-state index contributed by atoms with van der Waals surface area (Å²) in [7, 11) is 5.54. The Labute approximate surface area is 179 Å². The number of furan rings is 2. The normalized spacial score (nSPS) is 15.2. The molecule has 6 rings (SSSR count). The van der Waals surface area contributed by atoms with Crippen molar-refractivity contribution in [2.75, 3.05) is 6.26 Å². The maximum atomic E-state index is 7.28. The zero-order valence-electron chi connectivity index (χ0n) is 16.6. The van der Waals surface area contributed by atoms with Gasteiger partial charge in [-0.05, 0) is 67.8 Å². The summed E-state index contributed by atoms with van der Waals surface area (Å²) < 4.78 is 12.0. The molecule has 6 aromatic rings. The SMILES string of the molecule is Cc1ccc2oc3ccc(S(C)(Cl)c4ccc5oc6ccccc6c5c4)cc3c2c1. The molecule has 0 N–H and O–H groups in total. The largest absolute Gasteiger partial charge is 0.456 e. The van der Waals surface area contributed by atoms with Crippen molar-refractivity contribution in [2.24, 2.45) is 0 Å². The van der Waals surface area contributed by atoms with E-state index in [0.717, 1.165) is 53.7 Å². The van der Waals surface area contributed by atoms with Gasteiger partial charge in [0.25, 0.3) is 0 Å². The van der Waals surface area contributed by atoms with Crippen LogP contribution < -0.4 is 0 Å². The van der Waals surface area contributed by atoms with Gasteiger partial charge in [0.1, 0.15) is 22.3 Å². The van der Waals surface area contributed by atoms with Gasteiger partial charge in [-0.3, -0.25) is 0 Å². The van der Waals surface area contributed by atoms with Crippen molar-refractivity contribution in [3.8, 4) is 0 Å². The van der Waals surface area contributed by atoms with Crippen LogP contribution in [0.15, 0.2) is 97.5 Å². The molecule has 0 saturated heterocycles. The second-order valence-corrected chi connectivity index (χ2v) is 12.3. The van der Waals surface area contributed by atoms with Gasteiger partial charge in [-0.25, -0.2) is 0 Å². The third-order valence-electron chi connectivity index (χ3n) is 5.83. The number of para-hydroxylation sites is 1. The Hall–Kier alpha value is -2.88. The van der Waals surface area contributed by atoms with Crippen LogP contribution >= 0.6 is 19.9 Å². The van der Waals surface area contributed by atoms with Gasteiger partial charge in [-0.2, -0.15) is 0 Å². The fourth-order valence-corrected chi connectivity index (χ4v) is 6.36. The molecule has 4 aromatic carbocycles. The molecule has 0 spiro atoms. The molecule has 1 atom stereocenters. The number of hydrogen-bond donors (Lipinski definition) is 0. The number of fused-ring (bicyclic) bond motifs is 6. The minimum Gasteiger partial charge on any atom is -0.456 e. The van der Waals surface area contributed by atoms with Gasteiger partial charge in [0, 0.05) is 31.3 Å². The van der Waals surface area contributed by atoms with Crippen molar-refractivity contribution < 1.29 is 8.83 Å². The second-order valence-electron chi connectivity index (χ2n) is 7.83. The lowest BCUT2D eigenvalue weighted by molar-refractivity contribution is 0.668. The zero-order chi connectivity index (χ0) is 20.5. The molecule has 2 aromatic heterocycles. The van der Waals surface area contributed by atoms with E-state index in [1.165, 1.54) is 5.56 Å². The van der Waals surface area contributed by atoms with Crippen LogP contribution in [-0.4, -0.2) is 6.26 Å². The van der Waals surface area contributed by atoms with Crippen LogP contribution in [0.25, 0.3) is 43.9 Å². The van der Waals surface area contributed by atoms with Gasteiger partial charge in [0.15, 0.2) is 0 Å². The minimum atomic E-state index is -1.74. The number of benzene rings is 4. The number of halogens is 1. The summed E-state index contributed by atoms with van der Waals surface area (Å²) in [5, 5.41) is 4.47. The molecule has 0 radical (unpaired) electrons. The van der Waals surface area contributed by atoms with Crippen LogP contribution in [0.2, 0.25) is 0 Å². The molecule has 0 aliphatic carbocycles. The predicted octanol–water partition coefficient (Wildman–Crippen LogP) is 8.80. The van der Waals surface area contributed by atoms with E-state index in [-0.39, 0.29) is 0 Å². The summed E-state index contributed by atoms with van der Waals surface area (Å²) in [6, 6.07) is 27.1. The van der Waals surface area contributed by atoms with Crippen LogP contribution in [0.5, 0.6) is 0 Å². The standard InChI is InChI=1S/C26H19ClO2S/c1-16-7-10-24-20(13-16)22-15-18(9-12-26(22)29-24)30(2,27)17-8-11-25-21(14-17)19-5-3-4-6-23(19)28-25/h3-15H,1-2H3. The first kappa shape index (κ1) is 17.9. The average Bonchev–Trinajstić information content (AvgIpc) is 3.30. The molecular formula is C26H19ClO2S. The Morgan fingerprint density at radius 1 is 0.600 bits per heavy atom. The Morgan fingerprint density at radius 3 is 1.77 bits per heavy atom. The molecule has 30 heavy (non-hydrogen) atoms. The highest BCUT2D eigenvalue weighted by atomic mass is 35.7. The molecule has 0 bridgehead atoms. The summed E-state index contributed by atoms with van der Waals surface area (Å²) in [5.41, 5.74) is 4.80. The Bertz CT molecular complexity index is 1590. The van der Waals surface area contributed by atoms with Crippen LogP contribution in [0.4, 0.5) is 0 Å². The van der Waals surface area contributed by atoms with Crippen LogP contribution in [0, 0.1) is 6.92 Å². The van der Waals surface area contributed by atoms with E-state index in [1.807, 2.05) is 36.4 Å². The molecule has 1 unspecified atom stereocenters. The van der Waals surface area contributed by atoms with Crippen molar-refractivity contribution >= 4 is 63.8 Å². The average molecular weight is 431 g/mol. The smallest absolute Gasteiger partial charge is 0.135 e. The van der Waals surface area contributed by atoms with Crippen molar-refractivity contribution in [2.45, 2.75) is 16.7 Å². The minimum absolute atomic E-state index is 0.888. The van der Waals surface area contributed by atoms with Gasteiger partial charge in [0.05, 0.1) is 0 Å². The van der Waals surface area contributed by atoms with E-state index in [4.69, 9.17) is 19.5 Å². The van der Waals surface area contributed by atoms with Crippen LogP contribution in [-0.2, 0) is 0 Å². The van der Waals surface area contributed by atoms with E-state index >= 15 is 0 Å². The molecule has 148 valence electrons. The lowest BCUT2D eigenvalue weighted by Gasteiger charge is -2.29. The first-order valence-corrected chi connectivity index (χ1v) is 12.7. The van der Waals surface area contributed by atoms with Crippen molar-refractivity contribution in [3.63, 3.8) is 0 Å². The summed E-state index contributed by atoms with van der Waals surface area (Å²) in [5.74, 6) is 0. The molecule has 0 saturated carbocycles. The van der Waals surface area contributed by atoms with Gasteiger partial charge in [0.2, 0.25) is 0 Å². The van der Waals surface area contributed by atoms with Gasteiger partial charge in [-0.15, -0.1) is 9.24 Å². The quantitative estimate of drug-likeness (QED) is 0.274. The number of hydrogen-bond acceptors (Lipinski definition) is 2. The highest BCUT2D eigenvalue weighted by Crippen LogP contribution is 2.64. The lowest BCUT2D eigenvalue weighted by Crippen LogP contribution is -1.92. The molecular weight excluding hydrogens is 412 g/mol. The molecule has 0 aliphatic rings. The summed E-state index contributed by atoms with van der Waals surface area (Å²) >= 11 is 0. The highest BCUT2D eigenvalue weighted by molar-refractivity contribution is 8.50. The second kappa shape index (κ2) is 6.31. The van der Waals surface area contributed by atoms with Gasteiger partial charge in [-0.1, -0.05) is 40.5 Å². The van der Waals surface area contributed by atoms with Crippen molar-refractivity contribution in [3.05, 3.63) is 84.4 Å². The molecule has 0 amide bonds. The fraction of sp³-hybridized carbons (Fsp3) is 0.0769. The zero-order valence-corrected chi connectivity index (χ0v) is 18.2. The van der Waals surface area contributed by atoms with E-state index in [1.54, 1.807) is 0 Å². The van der Waals surface area contributed by atoms with Crippen LogP contribution in [0.3, 0.4) is 0 Å². The monoisotopic (exact) mass is 430 g/mol. The molecule has 0 aliphatic heterocycles. The van der Waals surface area contributed by atoms with E-state index in [9.17, 15) is 0 Å². The topological polar surface area (TPSA) is 26.3 Å². The maximum Gasteiger partial charge on any atom is 0.135 e. The highest BCUT2D eigenvalue weighted by Gasteiger charge is 2.23. The number of rotatable bonds is 2. The van der Waals surface area contributed by atoms with Gasteiger partial charge < -0.3 is 8.83 Å². The van der Waals surface area contributed by atoms with Crippen molar-refractivity contribution in [1.82, 2.24) is 0 Å². The lowest BCUT2D eigenvalue weighted by atomic mass is 10.1. The first-order valence-electron chi connectivity index (χ1n) is 9.83. The Balaban J connectivity index is 1.55. The van der Waals surface area contributed by atoms with E-state index in [2.05, 4.69) is 55.6 Å². The van der Waals surface area contributed by atoms with Crippen LogP contribution in [0.1, 0.15) is 5.56 Å². The first-order chi connectivity index (χ1) is 14.5. The fourth-order valence-electron chi connectivity index (χ4n) is 4.19. The van der Waals surface area contributed by atoms with Crippen molar-refractivity contribution in [1.29, 1.82) is 0 Å². The maximum absolute atomic E-state index is 7.28. The Morgan fingerprint density at radius 2 is 1.10 bits per heavy atom. The van der Waals surface area contributed by atoms with E-state index < -0.39 is 9.24 Å². The Kier molecular flexibility index (Phi) is 3.77. The predicted molar refractivity (Wildman–Crippen MR) is 128 cm³/mol.